The van der Waals surface area contributed by atoms with Crippen molar-refractivity contribution in [2.45, 2.75) is 32.7 Å². The van der Waals surface area contributed by atoms with Crippen LogP contribution in [0.1, 0.15) is 35.8 Å². The number of methoxy groups -OCH3 is 1. The van der Waals surface area contributed by atoms with Crippen LogP contribution < -0.4 is 9.64 Å². The minimum atomic E-state index is 0.0934. The quantitative estimate of drug-likeness (QED) is 0.742. The highest BCUT2D eigenvalue weighted by Crippen LogP contribution is 2.38. The molecule has 2 aliphatic rings. The molecule has 0 unspecified atom stereocenters. The summed E-state index contributed by atoms with van der Waals surface area (Å²) in [6.45, 7) is 7.39. The van der Waals surface area contributed by atoms with Gasteiger partial charge in [0.15, 0.2) is 0 Å². The Morgan fingerprint density at radius 3 is 2.50 bits per heavy atom. The predicted octanol–water partition coefficient (Wildman–Crippen LogP) is 3.81. The van der Waals surface area contributed by atoms with E-state index in [1.165, 1.54) is 24.2 Å². The Labute approximate surface area is 167 Å². The molecule has 2 fully saturated rings. The van der Waals surface area contributed by atoms with Crippen molar-refractivity contribution in [3.63, 3.8) is 0 Å². The minimum Gasteiger partial charge on any atom is -0.495 e. The van der Waals surface area contributed by atoms with Crippen LogP contribution in [-0.4, -0.2) is 48.7 Å². The summed E-state index contributed by atoms with van der Waals surface area (Å²) < 4.78 is 7.88. The van der Waals surface area contributed by atoms with Crippen molar-refractivity contribution in [3.05, 3.63) is 53.4 Å². The number of anilines is 1. The summed E-state index contributed by atoms with van der Waals surface area (Å²) in [5.41, 5.74) is 4.81. The number of hydrogen-bond donors (Lipinski definition) is 0. The van der Waals surface area contributed by atoms with Gasteiger partial charge in [0.05, 0.1) is 12.8 Å². The van der Waals surface area contributed by atoms with Crippen LogP contribution in [0.4, 0.5) is 5.69 Å². The third kappa shape index (κ3) is 3.66. The van der Waals surface area contributed by atoms with E-state index < -0.39 is 0 Å². The standard InChI is InChI=1S/C23H29N3O2/c1-17-16-19(18(2)26(17)20-9-10-20)8-11-23(27)25-14-12-24(13-15-25)21-6-4-5-7-22(21)28-3/h4-8,11,16,20H,9-10,12-15H2,1-3H3/b11-8+. The van der Waals surface area contributed by atoms with E-state index in [-0.39, 0.29) is 5.91 Å². The molecule has 1 saturated heterocycles. The summed E-state index contributed by atoms with van der Waals surface area (Å²) in [4.78, 5) is 16.9. The van der Waals surface area contributed by atoms with E-state index in [0.717, 1.165) is 43.2 Å². The Hall–Kier alpha value is -2.69. The summed E-state index contributed by atoms with van der Waals surface area (Å²) >= 11 is 0. The molecule has 1 aliphatic carbocycles. The van der Waals surface area contributed by atoms with Crippen molar-refractivity contribution in [2.75, 3.05) is 38.2 Å². The smallest absolute Gasteiger partial charge is 0.246 e. The number of nitrogens with zero attached hydrogens (tertiary/aromatic N) is 3. The van der Waals surface area contributed by atoms with E-state index in [1.807, 2.05) is 29.2 Å². The fourth-order valence-corrected chi connectivity index (χ4v) is 4.19. The summed E-state index contributed by atoms with van der Waals surface area (Å²) in [5.74, 6) is 0.976. The molecule has 5 nitrogen and oxygen atoms in total. The molecule has 1 aromatic heterocycles. The number of ether oxygens (including phenoxy) is 1. The minimum absolute atomic E-state index is 0.0934. The van der Waals surface area contributed by atoms with Gasteiger partial charge in [-0.3, -0.25) is 4.79 Å². The number of piperazine rings is 1. The molecular weight excluding hydrogens is 350 g/mol. The number of aromatic nitrogens is 1. The Bertz CT molecular complexity index is 887. The van der Waals surface area contributed by atoms with E-state index in [1.54, 1.807) is 13.2 Å². The molecule has 0 N–H and O–H groups in total. The van der Waals surface area contributed by atoms with Gasteiger partial charge >= 0.3 is 0 Å². The molecule has 148 valence electrons. The molecule has 1 aliphatic heterocycles. The maximum Gasteiger partial charge on any atom is 0.246 e. The van der Waals surface area contributed by atoms with Gasteiger partial charge < -0.3 is 19.1 Å². The highest BCUT2D eigenvalue weighted by molar-refractivity contribution is 5.92. The van der Waals surface area contributed by atoms with Crippen LogP contribution in [0.3, 0.4) is 0 Å². The van der Waals surface area contributed by atoms with E-state index in [9.17, 15) is 4.79 Å². The second-order valence-electron chi connectivity index (χ2n) is 7.75. The summed E-state index contributed by atoms with van der Waals surface area (Å²) in [7, 11) is 1.70. The number of carbonyl (C=O) groups excluding carboxylic acids is 1. The molecular formula is C23H29N3O2. The number of para-hydroxylation sites is 2. The van der Waals surface area contributed by atoms with Crippen LogP contribution in [-0.2, 0) is 4.79 Å². The number of amides is 1. The average molecular weight is 380 g/mol. The molecule has 0 bridgehead atoms. The van der Waals surface area contributed by atoms with Crippen LogP contribution in [0, 0.1) is 13.8 Å². The SMILES string of the molecule is COc1ccccc1N1CCN(C(=O)/C=C/c2cc(C)n(C3CC3)c2C)CC1. The average Bonchev–Trinajstić information content (AvgIpc) is 3.51. The van der Waals surface area contributed by atoms with Crippen molar-refractivity contribution in [2.24, 2.45) is 0 Å². The van der Waals surface area contributed by atoms with Crippen molar-refractivity contribution in [1.82, 2.24) is 9.47 Å². The lowest BCUT2D eigenvalue weighted by Gasteiger charge is -2.36. The van der Waals surface area contributed by atoms with Gasteiger partial charge in [-0.1, -0.05) is 12.1 Å². The maximum atomic E-state index is 12.7. The van der Waals surface area contributed by atoms with Gasteiger partial charge in [0, 0.05) is 49.7 Å². The first kappa shape index (κ1) is 18.7. The third-order valence-corrected chi connectivity index (χ3v) is 5.86. The second-order valence-corrected chi connectivity index (χ2v) is 7.75. The van der Waals surface area contributed by atoms with Gasteiger partial charge in [-0.25, -0.2) is 0 Å². The van der Waals surface area contributed by atoms with Crippen LogP contribution in [0.5, 0.6) is 5.75 Å². The number of aryl methyl sites for hydroxylation is 1. The Kier molecular flexibility index (Phi) is 5.16. The normalized spacial score (nSPS) is 17.4. The highest BCUT2D eigenvalue weighted by Gasteiger charge is 2.26. The molecule has 2 heterocycles. The summed E-state index contributed by atoms with van der Waals surface area (Å²) in [5, 5.41) is 0. The second kappa shape index (κ2) is 7.74. The lowest BCUT2D eigenvalue weighted by atomic mass is 10.2. The first-order chi connectivity index (χ1) is 13.6. The van der Waals surface area contributed by atoms with Gasteiger partial charge in [0.1, 0.15) is 5.75 Å². The van der Waals surface area contributed by atoms with Crippen molar-refractivity contribution < 1.29 is 9.53 Å². The lowest BCUT2D eigenvalue weighted by molar-refractivity contribution is -0.126. The topological polar surface area (TPSA) is 37.7 Å². The first-order valence-corrected chi connectivity index (χ1v) is 10.1. The molecule has 0 radical (unpaired) electrons. The van der Waals surface area contributed by atoms with Crippen LogP contribution in [0.15, 0.2) is 36.4 Å². The van der Waals surface area contributed by atoms with Crippen molar-refractivity contribution in [3.8, 4) is 5.75 Å². The van der Waals surface area contributed by atoms with Gasteiger partial charge in [0.2, 0.25) is 5.91 Å². The number of carbonyl (C=O) groups is 1. The van der Waals surface area contributed by atoms with E-state index in [4.69, 9.17) is 4.74 Å². The third-order valence-electron chi connectivity index (χ3n) is 5.86. The molecule has 0 atom stereocenters. The number of benzene rings is 1. The Morgan fingerprint density at radius 2 is 1.82 bits per heavy atom. The van der Waals surface area contributed by atoms with E-state index in [2.05, 4.69) is 35.4 Å². The Morgan fingerprint density at radius 1 is 1.11 bits per heavy atom. The number of rotatable bonds is 5. The van der Waals surface area contributed by atoms with Crippen LogP contribution in [0.2, 0.25) is 0 Å². The fourth-order valence-electron chi connectivity index (χ4n) is 4.19. The molecule has 1 saturated carbocycles. The Balaban J connectivity index is 1.38. The molecule has 1 aromatic carbocycles. The van der Waals surface area contributed by atoms with Gasteiger partial charge in [0.25, 0.3) is 0 Å². The molecule has 2 aromatic rings. The largest absolute Gasteiger partial charge is 0.495 e. The van der Waals surface area contributed by atoms with Crippen molar-refractivity contribution in [1.29, 1.82) is 0 Å². The molecule has 1 amide bonds. The van der Waals surface area contributed by atoms with Crippen molar-refractivity contribution >= 4 is 17.7 Å². The van der Waals surface area contributed by atoms with E-state index in [0.29, 0.717) is 6.04 Å². The first-order valence-electron chi connectivity index (χ1n) is 10.1. The van der Waals surface area contributed by atoms with Gasteiger partial charge in [-0.2, -0.15) is 0 Å². The highest BCUT2D eigenvalue weighted by atomic mass is 16.5. The van der Waals surface area contributed by atoms with Crippen LogP contribution >= 0.6 is 0 Å². The number of hydrogen-bond acceptors (Lipinski definition) is 3. The van der Waals surface area contributed by atoms with Crippen LogP contribution in [0.25, 0.3) is 6.08 Å². The van der Waals surface area contributed by atoms with Gasteiger partial charge in [-0.15, -0.1) is 0 Å². The zero-order valence-electron chi connectivity index (χ0n) is 17.0. The molecule has 28 heavy (non-hydrogen) atoms. The fraction of sp³-hybridized carbons (Fsp3) is 0.435. The predicted molar refractivity (Wildman–Crippen MR) is 113 cm³/mol. The molecule has 5 heteroatoms. The maximum absolute atomic E-state index is 12.7. The lowest BCUT2D eigenvalue weighted by Crippen LogP contribution is -2.48. The molecule has 4 rings (SSSR count). The zero-order valence-corrected chi connectivity index (χ0v) is 17.0. The summed E-state index contributed by atoms with van der Waals surface area (Å²) in [6.07, 6.45) is 6.26. The molecule has 0 spiro atoms. The van der Waals surface area contributed by atoms with E-state index >= 15 is 0 Å². The monoisotopic (exact) mass is 379 g/mol. The van der Waals surface area contributed by atoms with Gasteiger partial charge in [-0.05, 0) is 56.5 Å². The summed E-state index contributed by atoms with van der Waals surface area (Å²) in [6, 6.07) is 10.9. The zero-order chi connectivity index (χ0) is 19.7.